The lowest BCUT2D eigenvalue weighted by atomic mass is 9.96. The average Bonchev–Trinajstić information content (AvgIpc) is 2.72. The fourth-order valence-corrected chi connectivity index (χ4v) is 5.88. The Kier molecular flexibility index (Phi) is 9.88. The van der Waals surface area contributed by atoms with Gasteiger partial charge in [-0.1, -0.05) is 0 Å². The van der Waals surface area contributed by atoms with Gasteiger partial charge in [-0.15, -0.1) is 0 Å². The van der Waals surface area contributed by atoms with Crippen LogP contribution >= 0.6 is 44.9 Å². The second-order valence-electron chi connectivity index (χ2n) is 4.82. The van der Waals surface area contributed by atoms with Crippen LogP contribution in [0.15, 0.2) is 0 Å². The van der Waals surface area contributed by atoms with Gasteiger partial charge in [-0.05, 0) is 17.2 Å². The van der Waals surface area contributed by atoms with Crippen molar-refractivity contribution in [1.29, 1.82) is 0 Å². The molecule has 4 N–H and O–H groups in total. The molecule has 0 aromatic rings. The van der Waals surface area contributed by atoms with E-state index in [4.69, 9.17) is 24.2 Å². The van der Waals surface area contributed by atoms with Crippen molar-refractivity contribution in [1.82, 2.24) is 0 Å². The molecular formula is C6H16B2FO12P3S2. The van der Waals surface area contributed by atoms with Crippen molar-refractivity contribution in [3.63, 3.8) is 0 Å². The molecule has 1 aliphatic heterocycles. The van der Waals surface area contributed by atoms with Crippen LogP contribution in [0, 0.1) is 0 Å². The van der Waals surface area contributed by atoms with E-state index in [2.05, 4.69) is 13.1 Å². The quantitative estimate of drug-likeness (QED) is 0.131. The number of rotatable bonds is 11. The Morgan fingerprint density at radius 2 is 1.81 bits per heavy atom. The van der Waals surface area contributed by atoms with Gasteiger partial charge in [0.15, 0.2) is 7.12 Å². The lowest BCUT2D eigenvalue weighted by Gasteiger charge is -2.22. The fourth-order valence-electron chi connectivity index (χ4n) is 1.92. The first-order valence-corrected chi connectivity index (χ1v) is 13.8. The first-order valence-electron chi connectivity index (χ1n) is 6.66. The largest absolute Gasteiger partial charge is 0.490 e. The molecule has 26 heavy (non-hydrogen) atoms. The van der Waals surface area contributed by atoms with Gasteiger partial charge in [-0.3, -0.25) is 4.52 Å². The first-order chi connectivity index (χ1) is 11.7. The summed E-state index contributed by atoms with van der Waals surface area (Å²) in [6, 6.07) is -0.374. The van der Waals surface area contributed by atoms with Gasteiger partial charge < -0.3 is 29.0 Å². The summed E-state index contributed by atoms with van der Waals surface area (Å²) in [6.45, 7) is -0.685. The molecule has 1 aliphatic rings. The Labute approximate surface area is 157 Å². The van der Waals surface area contributed by atoms with Crippen molar-refractivity contribution in [3.8, 4) is 0 Å². The molecule has 1 fully saturated rings. The average molecular weight is 478 g/mol. The van der Waals surface area contributed by atoms with E-state index in [0.29, 0.717) is 0 Å². The van der Waals surface area contributed by atoms with Crippen molar-refractivity contribution < 1.29 is 60.3 Å². The second kappa shape index (κ2) is 10.2. The molecule has 1 saturated heterocycles. The third kappa shape index (κ3) is 10.0. The third-order valence-corrected chi connectivity index (χ3v) is 7.95. The smallest absolute Gasteiger partial charge is 0.379 e. The summed E-state index contributed by atoms with van der Waals surface area (Å²) in [4.78, 5) is 35.3. The molecule has 1 heterocycles. The molecule has 3 unspecified atom stereocenters. The third-order valence-electron chi connectivity index (χ3n) is 2.66. The van der Waals surface area contributed by atoms with Crippen molar-refractivity contribution >= 4 is 59.9 Å². The number of halogens is 1. The van der Waals surface area contributed by atoms with Gasteiger partial charge in [0, 0.05) is 6.00 Å². The lowest BCUT2D eigenvalue weighted by molar-refractivity contribution is -0.0756. The van der Waals surface area contributed by atoms with Crippen LogP contribution in [0.2, 0.25) is 0 Å². The summed E-state index contributed by atoms with van der Waals surface area (Å²) in [5.41, 5.74) is -1.68. The van der Waals surface area contributed by atoms with Crippen LogP contribution in [-0.2, 0) is 36.3 Å². The van der Waals surface area contributed by atoms with E-state index in [0.717, 1.165) is 21.4 Å². The molecule has 0 spiro atoms. The molecule has 0 saturated carbocycles. The second-order valence-corrected chi connectivity index (χ2v) is 11.7. The zero-order chi connectivity index (χ0) is 20.2. The molecule has 20 heteroatoms. The summed E-state index contributed by atoms with van der Waals surface area (Å²) >= 11 is 0. The maximum atomic E-state index is 13.5. The number of hydrogen-bond donors (Lipinski definition) is 4. The molecule has 1 rings (SSSR count). The van der Waals surface area contributed by atoms with Crippen LogP contribution in [0.1, 0.15) is 6.42 Å². The van der Waals surface area contributed by atoms with Crippen molar-refractivity contribution in [3.05, 3.63) is 0 Å². The lowest BCUT2D eigenvalue weighted by Crippen LogP contribution is -2.30. The van der Waals surface area contributed by atoms with Crippen molar-refractivity contribution in [2.45, 2.75) is 30.3 Å². The highest BCUT2D eigenvalue weighted by Crippen LogP contribution is 2.66. The van der Waals surface area contributed by atoms with Gasteiger partial charge in [-0.25, -0.2) is 18.1 Å². The van der Waals surface area contributed by atoms with Gasteiger partial charge in [-0.2, -0.15) is 19.3 Å². The molecule has 0 bridgehead atoms. The molecule has 6 atom stereocenters. The van der Waals surface area contributed by atoms with E-state index in [-0.39, 0.29) is 12.4 Å². The zero-order valence-corrected chi connectivity index (χ0v) is 17.6. The first kappa shape index (κ1) is 25.1. The van der Waals surface area contributed by atoms with E-state index in [1.807, 2.05) is 0 Å². The van der Waals surface area contributed by atoms with Crippen LogP contribution in [0.25, 0.3) is 0 Å². The number of alkyl halides is 1. The standard InChI is InChI=1S/C6H16B2FO12P3S2/c7-5-1-3(19-6(9)25-26-8)4(18-5)2-17-23(13,14)21-24(15,16)20-22(10,11)12/h3-6H,1-2,7-8H2,(H,13,14)(H,15,16)(H2,10,11,12)/t3-,4?,5-,6+/m1/s1. The Hall–Kier alpha value is 1.09. The van der Waals surface area contributed by atoms with Crippen LogP contribution in [0.5, 0.6) is 0 Å². The monoisotopic (exact) mass is 478 g/mol. The predicted octanol–water partition coefficient (Wildman–Crippen LogP) is -0.354. The number of phosphoric ester groups is 1. The Morgan fingerprint density at radius 3 is 2.35 bits per heavy atom. The van der Waals surface area contributed by atoms with E-state index in [9.17, 15) is 23.0 Å². The normalized spacial score (nSPS) is 29.8. The Bertz CT molecular complexity index is 610. The van der Waals surface area contributed by atoms with E-state index < -0.39 is 48.0 Å². The molecule has 12 nitrogen and oxygen atoms in total. The minimum absolute atomic E-state index is 0.264. The van der Waals surface area contributed by atoms with Crippen molar-refractivity contribution in [2.75, 3.05) is 6.61 Å². The minimum atomic E-state index is -5.60. The van der Waals surface area contributed by atoms with Crippen LogP contribution in [0.3, 0.4) is 0 Å². The highest BCUT2D eigenvalue weighted by Gasteiger charge is 2.42. The zero-order valence-electron chi connectivity index (χ0n) is 13.3. The van der Waals surface area contributed by atoms with Crippen LogP contribution < -0.4 is 0 Å². The molecule has 0 aromatic heterocycles. The summed E-state index contributed by atoms with van der Waals surface area (Å²) in [7, 11) is -11.1. The summed E-state index contributed by atoms with van der Waals surface area (Å²) in [6.07, 6.45) is -1.55. The summed E-state index contributed by atoms with van der Waals surface area (Å²) < 4.78 is 69.0. The molecule has 0 radical (unpaired) electrons. The highest BCUT2D eigenvalue weighted by molar-refractivity contribution is 8.84. The highest BCUT2D eigenvalue weighted by atomic mass is 33.1. The van der Waals surface area contributed by atoms with E-state index >= 15 is 0 Å². The van der Waals surface area contributed by atoms with E-state index in [1.165, 1.54) is 0 Å². The Balaban J connectivity index is 2.62. The molecule has 0 aliphatic carbocycles. The maximum Gasteiger partial charge on any atom is 0.490 e. The van der Waals surface area contributed by atoms with Crippen LogP contribution in [-0.4, -0.2) is 65.1 Å². The van der Waals surface area contributed by atoms with Gasteiger partial charge in [0.2, 0.25) is 0 Å². The molecule has 0 amide bonds. The van der Waals surface area contributed by atoms with Gasteiger partial charge in [0.25, 0.3) is 5.69 Å². The Morgan fingerprint density at radius 1 is 1.19 bits per heavy atom. The molecule has 0 aromatic carbocycles. The number of ether oxygens (including phenoxy) is 2. The number of phosphoric acid groups is 3. The van der Waals surface area contributed by atoms with Crippen LogP contribution in [0.4, 0.5) is 4.39 Å². The van der Waals surface area contributed by atoms with Crippen molar-refractivity contribution in [2.24, 2.45) is 0 Å². The maximum absolute atomic E-state index is 13.5. The summed E-state index contributed by atoms with van der Waals surface area (Å²) in [5.74, 6) is 0. The molecule has 152 valence electrons. The van der Waals surface area contributed by atoms with Gasteiger partial charge in [0.1, 0.15) is 14.0 Å². The fraction of sp³-hybridized carbons (Fsp3) is 1.00. The minimum Gasteiger partial charge on any atom is -0.379 e. The van der Waals surface area contributed by atoms with Gasteiger partial charge >= 0.3 is 23.5 Å². The summed E-state index contributed by atoms with van der Waals surface area (Å²) in [5, 5.41) is 0. The van der Waals surface area contributed by atoms with Gasteiger partial charge in [0.05, 0.1) is 12.7 Å². The topological polar surface area (TPSA) is 178 Å². The molecular weight excluding hydrogens is 462 g/mol. The predicted molar refractivity (Wildman–Crippen MR) is 95.1 cm³/mol. The van der Waals surface area contributed by atoms with E-state index in [1.54, 1.807) is 15.0 Å². The number of hydrogen-bond acceptors (Lipinski definition) is 10. The SMILES string of the molecule is BSS[C@@H](F)O[C@@H]1C[C@H](B)OC1COP(=O)(O)OP(=O)(O)OP(=O)(O)O.